The summed E-state index contributed by atoms with van der Waals surface area (Å²) >= 11 is 0. The van der Waals surface area contributed by atoms with E-state index in [1.54, 1.807) is 32.2 Å². The average Bonchev–Trinajstić information content (AvgIpc) is 2.86. The number of carbonyl (C=O) groups excluding carboxylic acids is 2. The van der Waals surface area contributed by atoms with Gasteiger partial charge in [-0.25, -0.2) is 0 Å². The third kappa shape index (κ3) is 4.40. The van der Waals surface area contributed by atoms with Crippen molar-refractivity contribution in [1.29, 1.82) is 0 Å². The van der Waals surface area contributed by atoms with Crippen molar-refractivity contribution < 1.29 is 18.0 Å². The molecule has 1 aromatic carbocycles. The number of rotatable bonds is 6. The number of carbonyl (C=O) groups is 2. The predicted octanol–water partition coefficient (Wildman–Crippen LogP) is 0.487. The monoisotopic (exact) mass is 380 g/mol. The summed E-state index contributed by atoms with van der Waals surface area (Å²) in [6.07, 6.45) is 0.794. The number of likely N-dealkylation sites (N-methyl/N-ethyl adjacent to an activating group) is 1. The van der Waals surface area contributed by atoms with Crippen molar-refractivity contribution in [3.8, 4) is 0 Å². The molecule has 0 radical (unpaired) electrons. The van der Waals surface area contributed by atoms with Gasteiger partial charge in [-0.05, 0) is 32.4 Å². The molecule has 9 heteroatoms. The lowest BCUT2D eigenvalue weighted by Gasteiger charge is -2.21. The fourth-order valence-corrected chi connectivity index (χ4v) is 3.73. The molecular weight excluding hydrogens is 356 g/mol. The topological polar surface area (TPSA) is 108 Å². The van der Waals surface area contributed by atoms with E-state index >= 15 is 0 Å². The smallest absolute Gasteiger partial charge is 0.285 e. The third-order valence-electron chi connectivity index (χ3n) is 4.13. The molecule has 1 heterocycles. The van der Waals surface area contributed by atoms with Crippen LogP contribution in [0.15, 0.2) is 33.6 Å². The molecule has 142 valence electrons. The first-order valence-electron chi connectivity index (χ1n) is 8.41. The fourth-order valence-electron chi connectivity index (χ4n) is 2.48. The standard InChI is InChI=1S/C17H24N4O4S/c1-5-11(2)18-17(23)12(3)19-15(22)10-21(4)16-13-8-6-7-9-14(13)26(24,25)20-16/h6-9,11-12H,5,10H2,1-4H3,(H,18,23)(H,19,22). The number of fused-ring (bicyclic) bond motifs is 1. The minimum absolute atomic E-state index is 0.0269. The van der Waals surface area contributed by atoms with Crippen LogP contribution < -0.4 is 10.6 Å². The Labute approximate surface area is 153 Å². The maximum atomic E-state index is 12.2. The van der Waals surface area contributed by atoms with Crippen LogP contribution in [0.4, 0.5) is 0 Å². The van der Waals surface area contributed by atoms with Crippen molar-refractivity contribution in [3.63, 3.8) is 0 Å². The van der Waals surface area contributed by atoms with Crippen molar-refractivity contribution in [2.24, 2.45) is 4.40 Å². The minimum atomic E-state index is -3.74. The first-order chi connectivity index (χ1) is 12.2. The van der Waals surface area contributed by atoms with Crippen LogP contribution in [0.2, 0.25) is 0 Å². The van der Waals surface area contributed by atoms with Crippen molar-refractivity contribution in [1.82, 2.24) is 15.5 Å². The number of nitrogens with zero attached hydrogens (tertiary/aromatic N) is 2. The largest absolute Gasteiger partial charge is 0.352 e. The molecule has 2 unspecified atom stereocenters. The van der Waals surface area contributed by atoms with E-state index in [1.165, 1.54) is 11.0 Å². The highest BCUT2D eigenvalue weighted by Crippen LogP contribution is 2.26. The average molecular weight is 380 g/mol. The molecule has 26 heavy (non-hydrogen) atoms. The second kappa shape index (κ2) is 7.86. The Kier molecular flexibility index (Phi) is 6.01. The molecule has 1 aliphatic rings. The summed E-state index contributed by atoms with van der Waals surface area (Å²) in [5.41, 5.74) is 0.463. The van der Waals surface area contributed by atoms with Crippen LogP contribution in [0, 0.1) is 0 Å². The maximum Gasteiger partial charge on any atom is 0.285 e. The second-order valence-electron chi connectivity index (χ2n) is 6.35. The van der Waals surface area contributed by atoms with Gasteiger partial charge in [0.1, 0.15) is 10.9 Å². The van der Waals surface area contributed by atoms with Gasteiger partial charge in [-0.2, -0.15) is 8.42 Å². The Morgan fingerprint density at radius 1 is 1.19 bits per heavy atom. The zero-order chi connectivity index (χ0) is 19.5. The summed E-state index contributed by atoms with van der Waals surface area (Å²) < 4.78 is 27.9. The number of hydrogen-bond acceptors (Lipinski definition) is 5. The lowest BCUT2D eigenvalue weighted by atomic mass is 10.2. The van der Waals surface area contributed by atoms with E-state index in [-0.39, 0.29) is 29.2 Å². The van der Waals surface area contributed by atoms with Crippen molar-refractivity contribution in [3.05, 3.63) is 29.8 Å². The summed E-state index contributed by atoms with van der Waals surface area (Å²) in [5.74, 6) is -0.447. The van der Waals surface area contributed by atoms with Gasteiger partial charge in [-0.15, -0.1) is 4.40 Å². The molecule has 8 nitrogen and oxygen atoms in total. The van der Waals surface area contributed by atoms with Crippen molar-refractivity contribution in [2.75, 3.05) is 13.6 Å². The van der Waals surface area contributed by atoms with E-state index in [4.69, 9.17) is 0 Å². The molecule has 0 saturated heterocycles. The third-order valence-corrected chi connectivity index (χ3v) is 5.45. The van der Waals surface area contributed by atoms with Crippen LogP contribution in [0.25, 0.3) is 0 Å². The zero-order valence-electron chi connectivity index (χ0n) is 15.3. The minimum Gasteiger partial charge on any atom is -0.352 e. The van der Waals surface area contributed by atoms with Crippen LogP contribution in [0.3, 0.4) is 0 Å². The Bertz CT molecular complexity index is 835. The van der Waals surface area contributed by atoms with Crippen LogP contribution in [0.1, 0.15) is 32.8 Å². The van der Waals surface area contributed by atoms with Gasteiger partial charge < -0.3 is 15.5 Å². The Hall–Kier alpha value is -2.42. The van der Waals surface area contributed by atoms with E-state index in [9.17, 15) is 18.0 Å². The van der Waals surface area contributed by atoms with E-state index in [1.807, 2.05) is 13.8 Å². The van der Waals surface area contributed by atoms with Gasteiger partial charge in [0.15, 0.2) is 5.84 Å². The first-order valence-corrected chi connectivity index (χ1v) is 9.85. The molecule has 2 amide bonds. The maximum absolute atomic E-state index is 12.2. The van der Waals surface area contributed by atoms with E-state index in [0.717, 1.165) is 6.42 Å². The summed E-state index contributed by atoms with van der Waals surface area (Å²) in [4.78, 5) is 25.8. The highest BCUT2D eigenvalue weighted by molar-refractivity contribution is 7.90. The molecule has 0 aromatic heterocycles. The molecule has 1 aliphatic heterocycles. The molecule has 0 aliphatic carbocycles. The zero-order valence-corrected chi connectivity index (χ0v) is 16.1. The molecule has 0 fully saturated rings. The number of amidine groups is 1. The first kappa shape index (κ1) is 19.9. The van der Waals surface area contributed by atoms with Gasteiger partial charge in [0.25, 0.3) is 10.0 Å². The molecule has 0 spiro atoms. The summed E-state index contributed by atoms with van der Waals surface area (Å²) in [5, 5.41) is 5.41. The number of benzene rings is 1. The van der Waals surface area contributed by atoms with Crippen molar-refractivity contribution >= 4 is 27.7 Å². The van der Waals surface area contributed by atoms with Gasteiger partial charge in [0.05, 0.1) is 6.54 Å². The van der Waals surface area contributed by atoms with E-state index < -0.39 is 22.0 Å². The molecule has 2 N–H and O–H groups in total. The SMILES string of the molecule is CCC(C)NC(=O)C(C)NC(=O)CN(C)C1=NS(=O)(=O)c2ccccc21. The molecule has 0 saturated carbocycles. The number of nitrogens with one attached hydrogen (secondary N) is 2. The van der Waals surface area contributed by atoms with Gasteiger partial charge in [0.2, 0.25) is 11.8 Å². The summed E-state index contributed by atoms with van der Waals surface area (Å²) in [6.45, 7) is 5.32. The quantitative estimate of drug-likeness (QED) is 0.747. The van der Waals surface area contributed by atoms with Crippen LogP contribution in [-0.2, 0) is 19.6 Å². The van der Waals surface area contributed by atoms with Crippen LogP contribution in [-0.4, -0.2) is 56.6 Å². The van der Waals surface area contributed by atoms with Gasteiger partial charge in [0, 0.05) is 18.7 Å². The lowest BCUT2D eigenvalue weighted by molar-refractivity contribution is -0.129. The number of hydrogen-bond donors (Lipinski definition) is 2. The Balaban J connectivity index is 2.01. The van der Waals surface area contributed by atoms with E-state index in [2.05, 4.69) is 15.0 Å². The number of amides is 2. The van der Waals surface area contributed by atoms with Gasteiger partial charge >= 0.3 is 0 Å². The predicted molar refractivity (Wildman–Crippen MR) is 98.3 cm³/mol. The summed E-state index contributed by atoms with van der Waals surface area (Å²) in [7, 11) is -2.15. The normalized spacial score (nSPS) is 16.8. The van der Waals surface area contributed by atoms with Crippen LogP contribution >= 0.6 is 0 Å². The fraction of sp³-hybridized carbons (Fsp3) is 0.471. The Morgan fingerprint density at radius 2 is 1.85 bits per heavy atom. The van der Waals surface area contributed by atoms with Gasteiger partial charge in [-0.3, -0.25) is 9.59 Å². The van der Waals surface area contributed by atoms with Gasteiger partial charge in [-0.1, -0.05) is 19.1 Å². The van der Waals surface area contributed by atoms with Crippen LogP contribution in [0.5, 0.6) is 0 Å². The van der Waals surface area contributed by atoms with Crippen molar-refractivity contribution in [2.45, 2.75) is 44.2 Å². The van der Waals surface area contributed by atoms with E-state index in [0.29, 0.717) is 5.56 Å². The molecule has 1 aromatic rings. The number of sulfonamides is 1. The molecular formula is C17H24N4O4S. The highest BCUT2D eigenvalue weighted by atomic mass is 32.2. The Morgan fingerprint density at radius 3 is 2.50 bits per heavy atom. The molecule has 0 bridgehead atoms. The second-order valence-corrected chi connectivity index (χ2v) is 7.92. The summed E-state index contributed by atoms with van der Waals surface area (Å²) in [6, 6.07) is 5.81. The molecule has 2 rings (SSSR count). The molecule has 2 atom stereocenters. The lowest BCUT2D eigenvalue weighted by Crippen LogP contribution is -2.49. The highest BCUT2D eigenvalue weighted by Gasteiger charge is 2.31.